The van der Waals surface area contributed by atoms with E-state index in [0.29, 0.717) is 11.4 Å². The zero-order valence-electron chi connectivity index (χ0n) is 11.3. The molecule has 2 rings (SSSR count). The van der Waals surface area contributed by atoms with Gasteiger partial charge in [0.05, 0.1) is 5.75 Å². The molecule has 0 aliphatic carbocycles. The van der Waals surface area contributed by atoms with Gasteiger partial charge in [-0.05, 0) is 17.7 Å². The summed E-state index contributed by atoms with van der Waals surface area (Å²) in [5.74, 6) is -0.0531. The molecule has 0 heterocycles. The molecule has 4 heteroatoms. The van der Waals surface area contributed by atoms with Gasteiger partial charge in [-0.25, -0.2) is 4.39 Å². The molecule has 0 saturated carbocycles. The van der Waals surface area contributed by atoms with Crippen molar-refractivity contribution in [2.24, 2.45) is 0 Å². The Morgan fingerprint density at radius 1 is 1.10 bits per heavy atom. The maximum Gasteiger partial charge on any atom is 0.232 e. The van der Waals surface area contributed by atoms with Crippen molar-refractivity contribution >= 4 is 17.7 Å². The van der Waals surface area contributed by atoms with Gasteiger partial charge in [0.2, 0.25) is 5.91 Å². The Bertz CT molecular complexity index is 574. The molecule has 2 aromatic carbocycles. The van der Waals surface area contributed by atoms with Crippen LogP contribution in [0.25, 0.3) is 0 Å². The summed E-state index contributed by atoms with van der Waals surface area (Å²) in [6, 6.07) is 16.3. The number of hydrogen-bond acceptors (Lipinski definition) is 2. The molecular weight excluding hydrogens is 273 g/mol. The molecule has 0 spiro atoms. The van der Waals surface area contributed by atoms with E-state index in [-0.39, 0.29) is 17.5 Å². The summed E-state index contributed by atoms with van der Waals surface area (Å²) in [6.45, 7) is 0.567. The summed E-state index contributed by atoms with van der Waals surface area (Å²) in [5.41, 5.74) is 1.08. The first kappa shape index (κ1) is 14.6. The van der Waals surface area contributed by atoms with Crippen LogP contribution in [0, 0.1) is 5.82 Å². The van der Waals surface area contributed by atoms with Gasteiger partial charge in [-0.3, -0.25) is 4.79 Å². The van der Waals surface area contributed by atoms with Crippen LogP contribution in [0.5, 0.6) is 0 Å². The van der Waals surface area contributed by atoms with E-state index in [1.807, 2.05) is 30.3 Å². The van der Waals surface area contributed by atoms with Gasteiger partial charge in [-0.2, -0.15) is 0 Å². The van der Waals surface area contributed by atoms with Crippen LogP contribution in [0.1, 0.15) is 5.56 Å². The van der Waals surface area contributed by atoms with Crippen LogP contribution in [-0.4, -0.2) is 23.6 Å². The van der Waals surface area contributed by atoms with Crippen LogP contribution in [0.15, 0.2) is 59.5 Å². The van der Waals surface area contributed by atoms with E-state index >= 15 is 0 Å². The average Bonchev–Trinajstić information content (AvgIpc) is 2.47. The van der Waals surface area contributed by atoms with Gasteiger partial charge in [0.1, 0.15) is 5.82 Å². The van der Waals surface area contributed by atoms with Gasteiger partial charge in [-0.15, -0.1) is 11.8 Å². The van der Waals surface area contributed by atoms with Gasteiger partial charge in [0, 0.05) is 18.5 Å². The van der Waals surface area contributed by atoms with E-state index in [9.17, 15) is 9.18 Å². The maximum atomic E-state index is 13.4. The Morgan fingerprint density at radius 2 is 1.75 bits per heavy atom. The Hall–Kier alpha value is -1.81. The van der Waals surface area contributed by atoms with E-state index in [1.54, 1.807) is 30.1 Å². The highest BCUT2D eigenvalue weighted by atomic mass is 32.2. The third-order valence-electron chi connectivity index (χ3n) is 2.88. The summed E-state index contributed by atoms with van der Waals surface area (Å²) in [5, 5.41) is 0. The average molecular weight is 289 g/mol. The minimum absolute atomic E-state index is 0.0119. The molecule has 0 bridgehead atoms. The number of thioether (sulfide) groups is 1. The predicted octanol–water partition coefficient (Wildman–Crippen LogP) is 3.58. The molecule has 0 atom stereocenters. The molecule has 2 nitrogen and oxygen atoms in total. The van der Waals surface area contributed by atoms with Gasteiger partial charge >= 0.3 is 0 Å². The standard InChI is InChI=1S/C16H16FNOS/c1-18(11-13-7-3-2-4-8-13)16(19)12-20-15-10-6-5-9-14(15)17/h2-10H,11-12H2,1H3. The van der Waals surface area contributed by atoms with Crippen molar-refractivity contribution in [3.63, 3.8) is 0 Å². The van der Waals surface area contributed by atoms with Crippen LogP contribution in [-0.2, 0) is 11.3 Å². The lowest BCUT2D eigenvalue weighted by Crippen LogP contribution is -2.27. The highest BCUT2D eigenvalue weighted by Gasteiger charge is 2.11. The van der Waals surface area contributed by atoms with E-state index in [1.165, 1.54) is 17.8 Å². The van der Waals surface area contributed by atoms with Gasteiger partial charge in [0.25, 0.3) is 0 Å². The summed E-state index contributed by atoms with van der Waals surface area (Å²) in [6.07, 6.45) is 0. The van der Waals surface area contributed by atoms with Crippen molar-refractivity contribution < 1.29 is 9.18 Å². The molecular formula is C16H16FNOS. The fourth-order valence-electron chi connectivity index (χ4n) is 1.76. The smallest absolute Gasteiger partial charge is 0.232 e. The number of nitrogens with zero attached hydrogens (tertiary/aromatic N) is 1. The van der Waals surface area contributed by atoms with E-state index in [0.717, 1.165) is 5.56 Å². The van der Waals surface area contributed by atoms with Gasteiger partial charge < -0.3 is 4.90 Å². The number of rotatable bonds is 5. The molecule has 0 radical (unpaired) electrons. The first-order chi connectivity index (χ1) is 9.66. The number of benzene rings is 2. The second-order valence-electron chi connectivity index (χ2n) is 4.45. The fraction of sp³-hybridized carbons (Fsp3) is 0.188. The van der Waals surface area contributed by atoms with E-state index in [2.05, 4.69) is 0 Å². The minimum atomic E-state index is -0.281. The first-order valence-corrected chi connectivity index (χ1v) is 7.30. The summed E-state index contributed by atoms with van der Waals surface area (Å²) >= 11 is 1.23. The molecule has 0 unspecified atom stereocenters. The van der Waals surface area contributed by atoms with Crippen LogP contribution >= 0.6 is 11.8 Å². The number of carbonyl (C=O) groups is 1. The second-order valence-corrected chi connectivity index (χ2v) is 5.47. The lowest BCUT2D eigenvalue weighted by atomic mass is 10.2. The van der Waals surface area contributed by atoms with Gasteiger partial charge in [-0.1, -0.05) is 42.5 Å². The molecule has 20 heavy (non-hydrogen) atoms. The molecule has 0 N–H and O–H groups in total. The molecule has 0 fully saturated rings. The fourth-order valence-corrected chi connectivity index (χ4v) is 2.64. The molecule has 0 aromatic heterocycles. The largest absolute Gasteiger partial charge is 0.341 e. The SMILES string of the molecule is CN(Cc1ccccc1)C(=O)CSc1ccccc1F. The lowest BCUT2D eigenvalue weighted by Gasteiger charge is -2.17. The van der Waals surface area contributed by atoms with Crippen molar-refractivity contribution in [3.8, 4) is 0 Å². The Kier molecular flexibility index (Phi) is 5.18. The number of amides is 1. The Balaban J connectivity index is 1.87. The predicted molar refractivity (Wildman–Crippen MR) is 80.0 cm³/mol. The third kappa shape index (κ3) is 4.10. The first-order valence-electron chi connectivity index (χ1n) is 6.32. The van der Waals surface area contributed by atoms with Gasteiger partial charge in [0.15, 0.2) is 0 Å². The number of hydrogen-bond donors (Lipinski definition) is 0. The van der Waals surface area contributed by atoms with Crippen molar-refractivity contribution in [2.75, 3.05) is 12.8 Å². The van der Waals surface area contributed by atoms with E-state index < -0.39 is 0 Å². The number of halogens is 1. The van der Waals surface area contributed by atoms with Crippen molar-refractivity contribution in [2.45, 2.75) is 11.4 Å². The molecule has 0 aliphatic rings. The lowest BCUT2D eigenvalue weighted by molar-refractivity contribution is -0.127. The monoisotopic (exact) mass is 289 g/mol. The Labute approximate surface area is 122 Å². The van der Waals surface area contributed by atoms with Crippen molar-refractivity contribution in [3.05, 3.63) is 66.0 Å². The second kappa shape index (κ2) is 7.10. The molecule has 104 valence electrons. The minimum Gasteiger partial charge on any atom is -0.341 e. The van der Waals surface area contributed by atoms with Crippen molar-refractivity contribution in [1.29, 1.82) is 0 Å². The summed E-state index contributed by atoms with van der Waals surface area (Å²) in [7, 11) is 1.76. The summed E-state index contributed by atoms with van der Waals surface area (Å²) in [4.78, 5) is 14.2. The summed E-state index contributed by atoms with van der Waals surface area (Å²) < 4.78 is 13.4. The van der Waals surface area contributed by atoms with Crippen LogP contribution in [0.2, 0.25) is 0 Å². The molecule has 2 aromatic rings. The zero-order chi connectivity index (χ0) is 14.4. The molecule has 1 amide bonds. The Morgan fingerprint density at radius 3 is 2.45 bits per heavy atom. The molecule has 0 aliphatic heterocycles. The highest BCUT2D eigenvalue weighted by molar-refractivity contribution is 8.00. The quantitative estimate of drug-likeness (QED) is 0.784. The molecule has 0 saturated heterocycles. The van der Waals surface area contributed by atoms with Crippen LogP contribution < -0.4 is 0 Å². The zero-order valence-corrected chi connectivity index (χ0v) is 12.1. The van der Waals surface area contributed by atoms with Crippen molar-refractivity contribution in [1.82, 2.24) is 4.90 Å². The maximum absolute atomic E-state index is 13.4. The third-order valence-corrected chi connectivity index (χ3v) is 3.91. The van der Waals surface area contributed by atoms with E-state index in [4.69, 9.17) is 0 Å². The number of carbonyl (C=O) groups excluding carboxylic acids is 1. The van der Waals surface area contributed by atoms with Crippen LogP contribution in [0.3, 0.4) is 0 Å². The topological polar surface area (TPSA) is 20.3 Å². The normalized spacial score (nSPS) is 10.3. The highest BCUT2D eigenvalue weighted by Crippen LogP contribution is 2.21. The van der Waals surface area contributed by atoms with Crippen LogP contribution in [0.4, 0.5) is 4.39 Å².